The first-order valence-electron chi connectivity index (χ1n) is 9.63. The number of carbonyl (C=O) groups excluding carboxylic acids is 3. The van der Waals surface area contributed by atoms with E-state index in [1.54, 1.807) is 0 Å². The van der Waals surface area contributed by atoms with Gasteiger partial charge >= 0.3 is 12.0 Å². The van der Waals surface area contributed by atoms with Crippen LogP contribution in [0.3, 0.4) is 0 Å². The molecule has 1 aliphatic rings. The van der Waals surface area contributed by atoms with Crippen LogP contribution in [0.2, 0.25) is 0 Å². The Kier molecular flexibility index (Phi) is 8.75. The van der Waals surface area contributed by atoms with Gasteiger partial charge in [0.25, 0.3) is 5.91 Å². The van der Waals surface area contributed by atoms with Crippen LogP contribution in [0, 0.1) is 5.92 Å². The number of hydrogen-bond acceptors (Lipinski definition) is 6. The van der Waals surface area contributed by atoms with Crippen LogP contribution < -0.4 is 20.1 Å². The van der Waals surface area contributed by atoms with Crippen molar-refractivity contribution in [2.24, 2.45) is 5.92 Å². The zero-order valence-electron chi connectivity index (χ0n) is 16.9. The zero-order valence-corrected chi connectivity index (χ0v) is 18.5. The molecule has 1 aliphatic carbocycles. The molecule has 2 atom stereocenters. The van der Waals surface area contributed by atoms with Crippen molar-refractivity contribution in [2.75, 3.05) is 20.3 Å². The van der Waals surface area contributed by atoms with E-state index in [9.17, 15) is 14.4 Å². The molecule has 0 aromatic heterocycles. The number of benzene rings is 1. The summed E-state index contributed by atoms with van der Waals surface area (Å²) in [5, 5.41) is 5.01. The van der Waals surface area contributed by atoms with Gasteiger partial charge < -0.3 is 19.5 Å². The van der Waals surface area contributed by atoms with Crippen molar-refractivity contribution >= 4 is 33.8 Å². The molecular weight excluding hydrogens is 444 g/mol. The number of imide groups is 1. The van der Waals surface area contributed by atoms with Crippen molar-refractivity contribution in [3.05, 3.63) is 22.2 Å². The molecule has 2 N–H and O–H groups in total. The lowest BCUT2D eigenvalue weighted by molar-refractivity contribution is -0.123. The van der Waals surface area contributed by atoms with Gasteiger partial charge in [0.15, 0.2) is 18.1 Å². The van der Waals surface area contributed by atoms with Crippen LogP contribution >= 0.6 is 15.9 Å². The zero-order chi connectivity index (χ0) is 21.4. The van der Waals surface area contributed by atoms with Crippen molar-refractivity contribution in [3.8, 4) is 11.5 Å². The van der Waals surface area contributed by atoms with E-state index in [0.29, 0.717) is 28.5 Å². The van der Waals surface area contributed by atoms with Gasteiger partial charge in [0, 0.05) is 6.04 Å². The van der Waals surface area contributed by atoms with E-state index < -0.39 is 24.5 Å². The summed E-state index contributed by atoms with van der Waals surface area (Å²) >= 11 is 3.33. The summed E-state index contributed by atoms with van der Waals surface area (Å²) in [5.74, 6) is -0.216. The van der Waals surface area contributed by atoms with Gasteiger partial charge in [-0.05, 0) is 53.7 Å². The molecule has 8 nitrogen and oxygen atoms in total. The number of halogens is 1. The fourth-order valence-corrected chi connectivity index (χ4v) is 3.79. The lowest BCUT2D eigenvalue weighted by Crippen LogP contribution is -2.48. The van der Waals surface area contributed by atoms with E-state index in [1.807, 2.05) is 6.92 Å². The van der Waals surface area contributed by atoms with Gasteiger partial charge in [0.2, 0.25) is 0 Å². The average Bonchev–Trinajstić information content (AvgIpc) is 2.69. The summed E-state index contributed by atoms with van der Waals surface area (Å²) in [5.41, 5.74) is 0.186. The quantitative estimate of drug-likeness (QED) is 0.591. The molecule has 1 aromatic rings. The van der Waals surface area contributed by atoms with E-state index in [-0.39, 0.29) is 11.6 Å². The second-order valence-electron chi connectivity index (χ2n) is 6.89. The van der Waals surface area contributed by atoms with Crippen LogP contribution in [-0.2, 0) is 9.53 Å². The highest BCUT2D eigenvalue weighted by Gasteiger charge is 2.24. The van der Waals surface area contributed by atoms with Gasteiger partial charge in [-0.3, -0.25) is 10.1 Å². The maximum absolute atomic E-state index is 12.3. The summed E-state index contributed by atoms with van der Waals surface area (Å²) in [6.07, 6.45) is 4.16. The lowest BCUT2D eigenvalue weighted by Gasteiger charge is -2.29. The number of ether oxygens (including phenoxy) is 3. The van der Waals surface area contributed by atoms with Crippen LogP contribution in [-0.4, -0.2) is 44.3 Å². The highest BCUT2D eigenvalue weighted by Crippen LogP contribution is 2.36. The number of nitrogens with one attached hydrogen (secondary N) is 2. The normalized spacial score (nSPS) is 18.5. The Bertz CT molecular complexity index is 755. The molecule has 3 amide bonds. The standard InChI is InChI=1S/C20H27BrN2O6/c1-4-28-18-14(21)9-13(10-16(18)27-3)19(25)29-11-17(24)23-20(26)22-15-8-6-5-7-12(15)2/h9-10,12,15H,4-8,11H2,1-3H3,(H2,22,23,24,26). The predicted octanol–water partition coefficient (Wildman–Crippen LogP) is 3.42. The van der Waals surface area contributed by atoms with Crippen molar-refractivity contribution in [2.45, 2.75) is 45.6 Å². The molecule has 1 aromatic carbocycles. The third-order valence-corrected chi connectivity index (χ3v) is 5.36. The molecule has 2 rings (SSSR count). The molecule has 0 spiro atoms. The van der Waals surface area contributed by atoms with E-state index in [0.717, 1.165) is 25.7 Å². The molecule has 0 radical (unpaired) electrons. The molecule has 0 aliphatic heterocycles. The average molecular weight is 471 g/mol. The number of esters is 1. The van der Waals surface area contributed by atoms with Gasteiger partial charge in [-0.2, -0.15) is 0 Å². The van der Waals surface area contributed by atoms with E-state index in [2.05, 4.69) is 33.5 Å². The summed E-state index contributed by atoms with van der Waals surface area (Å²) < 4.78 is 16.2. The Labute approximate surface area is 178 Å². The molecule has 1 fully saturated rings. The highest BCUT2D eigenvalue weighted by atomic mass is 79.9. The van der Waals surface area contributed by atoms with Gasteiger partial charge in [-0.25, -0.2) is 9.59 Å². The topological polar surface area (TPSA) is 103 Å². The van der Waals surface area contributed by atoms with Crippen LogP contribution in [0.25, 0.3) is 0 Å². The highest BCUT2D eigenvalue weighted by molar-refractivity contribution is 9.10. The molecular formula is C20H27BrN2O6. The third-order valence-electron chi connectivity index (χ3n) is 4.77. The summed E-state index contributed by atoms with van der Waals surface area (Å²) in [4.78, 5) is 36.2. The van der Waals surface area contributed by atoms with Crippen LogP contribution in [0.1, 0.15) is 49.9 Å². The fraction of sp³-hybridized carbons (Fsp3) is 0.550. The van der Waals surface area contributed by atoms with Crippen LogP contribution in [0.4, 0.5) is 4.79 Å². The van der Waals surface area contributed by atoms with Crippen molar-refractivity contribution in [3.63, 3.8) is 0 Å². The summed E-state index contributed by atoms with van der Waals surface area (Å²) in [6, 6.07) is 2.46. The minimum atomic E-state index is -0.719. The van der Waals surface area contributed by atoms with E-state index in [1.165, 1.54) is 19.2 Å². The van der Waals surface area contributed by atoms with Gasteiger partial charge in [0.1, 0.15) is 0 Å². The molecule has 0 saturated heterocycles. The third kappa shape index (κ3) is 6.62. The van der Waals surface area contributed by atoms with Gasteiger partial charge in [0.05, 0.1) is 23.8 Å². The number of hydrogen-bond donors (Lipinski definition) is 2. The Hall–Kier alpha value is -2.29. The van der Waals surface area contributed by atoms with Crippen LogP contribution in [0.5, 0.6) is 11.5 Å². The Morgan fingerprint density at radius 3 is 2.59 bits per heavy atom. The monoisotopic (exact) mass is 470 g/mol. The first-order valence-corrected chi connectivity index (χ1v) is 10.4. The Balaban J connectivity index is 1.87. The van der Waals surface area contributed by atoms with Gasteiger partial charge in [-0.15, -0.1) is 0 Å². The molecule has 29 heavy (non-hydrogen) atoms. The molecule has 2 unspecified atom stereocenters. The van der Waals surface area contributed by atoms with Crippen molar-refractivity contribution in [1.29, 1.82) is 0 Å². The number of rotatable bonds is 7. The first kappa shape index (κ1) is 23.0. The van der Waals surface area contributed by atoms with E-state index in [4.69, 9.17) is 14.2 Å². The maximum atomic E-state index is 12.3. The SMILES string of the molecule is CCOc1c(Br)cc(C(=O)OCC(=O)NC(=O)NC2CCCCC2C)cc1OC. The van der Waals surface area contributed by atoms with Crippen LogP contribution in [0.15, 0.2) is 16.6 Å². The van der Waals surface area contributed by atoms with Crippen molar-refractivity contribution in [1.82, 2.24) is 10.6 Å². The maximum Gasteiger partial charge on any atom is 0.338 e. The molecule has 160 valence electrons. The number of methoxy groups -OCH3 is 1. The number of urea groups is 1. The van der Waals surface area contributed by atoms with E-state index >= 15 is 0 Å². The summed E-state index contributed by atoms with van der Waals surface area (Å²) in [6.45, 7) is 3.77. The van der Waals surface area contributed by atoms with Crippen molar-refractivity contribution < 1.29 is 28.6 Å². The molecule has 1 saturated carbocycles. The molecule has 0 heterocycles. The smallest absolute Gasteiger partial charge is 0.338 e. The second kappa shape index (κ2) is 11.0. The predicted molar refractivity (Wildman–Crippen MR) is 110 cm³/mol. The Morgan fingerprint density at radius 2 is 1.93 bits per heavy atom. The minimum absolute atomic E-state index is 0.0489. The lowest BCUT2D eigenvalue weighted by atomic mass is 9.86. The molecule has 9 heteroatoms. The second-order valence-corrected chi connectivity index (χ2v) is 7.74. The largest absolute Gasteiger partial charge is 0.493 e. The first-order chi connectivity index (χ1) is 13.8. The number of carbonyl (C=O) groups is 3. The minimum Gasteiger partial charge on any atom is -0.493 e. The van der Waals surface area contributed by atoms with Gasteiger partial charge in [-0.1, -0.05) is 19.8 Å². The summed E-state index contributed by atoms with van der Waals surface area (Å²) in [7, 11) is 1.46. The fourth-order valence-electron chi connectivity index (χ4n) is 3.23. The Morgan fingerprint density at radius 1 is 1.21 bits per heavy atom. The molecule has 0 bridgehead atoms. The number of amides is 3.